The van der Waals surface area contributed by atoms with Crippen LogP contribution in [0.1, 0.15) is 10.4 Å². The number of benzene rings is 2. The van der Waals surface area contributed by atoms with E-state index in [1.165, 1.54) is 19.5 Å². The molecule has 1 amide bonds. The zero-order valence-corrected chi connectivity index (χ0v) is 14.7. The number of hydrazine groups is 1. The van der Waals surface area contributed by atoms with Crippen LogP contribution in [-0.2, 0) is 0 Å². The number of amides is 1. The van der Waals surface area contributed by atoms with Crippen LogP contribution in [0, 0.1) is 11.6 Å². The molecule has 0 aliphatic rings. The Morgan fingerprint density at radius 2 is 1.79 bits per heavy atom. The molecule has 5 N–H and O–H groups in total. The summed E-state index contributed by atoms with van der Waals surface area (Å²) < 4.78 is 31.8. The van der Waals surface area contributed by atoms with Crippen molar-refractivity contribution in [2.45, 2.75) is 0 Å². The zero-order valence-electron chi connectivity index (χ0n) is 14.7. The summed E-state index contributed by atoms with van der Waals surface area (Å²) in [6.45, 7) is 0. The maximum atomic E-state index is 13.8. The first-order chi connectivity index (χ1) is 13.5. The van der Waals surface area contributed by atoms with Crippen LogP contribution in [0.15, 0.2) is 48.8 Å². The molecule has 0 atom stereocenters. The second-order valence-electron chi connectivity index (χ2n) is 5.54. The highest BCUT2D eigenvalue weighted by Crippen LogP contribution is 2.27. The lowest BCUT2D eigenvalue weighted by atomic mass is 10.2. The van der Waals surface area contributed by atoms with Crippen LogP contribution in [0.5, 0.6) is 5.75 Å². The number of nitrogens with two attached hydrogens (primary N) is 1. The number of methoxy groups -OCH3 is 1. The molecule has 0 fully saturated rings. The van der Waals surface area contributed by atoms with Crippen LogP contribution in [0.3, 0.4) is 0 Å². The van der Waals surface area contributed by atoms with E-state index in [2.05, 4.69) is 26.1 Å². The summed E-state index contributed by atoms with van der Waals surface area (Å²) in [6, 6.07) is 9.50. The Balaban J connectivity index is 1.71. The highest BCUT2D eigenvalue weighted by atomic mass is 19.1. The van der Waals surface area contributed by atoms with Crippen molar-refractivity contribution in [1.29, 1.82) is 0 Å². The zero-order chi connectivity index (χ0) is 20.1. The molecule has 8 nitrogen and oxygen atoms in total. The first kappa shape index (κ1) is 18.8. The molecule has 0 saturated heterocycles. The quantitative estimate of drug-likeness (QED) is 0.482. The van der Waals surface area contributed by atoms with Gasteiger partial charge in [0.1, 0.15) is 29.4 Å². The van der Waals surface area contributed by atoms with Gasteiger partial charge in [0.25, 0.3) is 5.91 Å². The van der Waals surface area contributed by atoms with E-state index in [1.54, 1.807) is 24.3 Å². The summed E-state index contributed by atoms with van der Waals surface area (Å²) in [4.78, 5) is 20.0. The smallest absolute Gasteiger partial charge is 0.269 e. The van der Waals surface area contributed by atoms with E-state index in [9.17, 15) is 13.6 Å². The second kappa shape index (κ2) is 8.16. The Labute approximate surface area is 158 Å². The molecular weight excluding hydrogens is 370 g/mol. The highest BCUT2D eigenvalue weighted by molar-refractivity contribution is 5.95. The van der Waals surface area contributed by atoms with Crippen LogP contribution in [0.2, 0.25) is 0 Å². The van der Waals surface area contributed by atoms with Gasteiger partial charge in [-0.05, 0) is 36.4 Å². The summed E-state index contributed by atoms with van der Waals surface area (Å²) in [6.07, 6.45) is 1.17. The number of nitrogens with one attached hydrogen (secondary N) is 3. The molecule has 28 heavy (non-hydrogen) atoms. The number of carbonyl (C=O) groups is 1. The summed E-state index contributed by atoms with van der Waals surface area (Å²) in [7, 11) is 1.53. The third-order valence-corrected chi connectivity index (χ3v) is 3.71. The molecule has 10 heteroatoms. The van der Waals surface area contributed by atoms with Crippen LogP contribution in [-0.4, -0.2) is 23.0 Å². The largest absolute Gasteiger partial charge is 0.497 e. The van der Waals surface area contributed by atoms with Gasteiger partial charge in [-0.15, -0.1) is 0 Å². The van der Waals surface area contributed by atoms with E-state index in [4.69, 9.17) is 10.5 Å². The lowest BCUT2D eigenvalue weighted by Crippen LogP contribution is -2.30. The molecule has 3 aromatic rings. The molecule has 3 rings (SSSR count). The Bertz CT molecular complexity index is 998. The standard InChI is InChI=1S/C18H16F2N6O2/c1-28-12-5-2-10(3-6-12)18(27)26-25-17-15(21)16(22-9-23-17)24-14-7-4-11(19)8-13(14)20/h2-9H,21H2,1H3,(H,26,27)(H2,22,23,24,25). The van der Waals surface area contributed by atoms with E-state index in [0.29, 0.717) is 11.3 Å². The number of nitrogen functional groups attached to an aromatic ring is 1. The van der Waals surface area contributed by atoms with Gasteiger partial charge in [0, 0.05) is 11.6 Å². The molecule has 0 radical (unpaired) electrons. The maximum Gasteiger partial charge on any atom is 0.269 e. The fraction of sp³-hybridized carbons (Fsp3) is 0.0556. The van der Waals surface area contributed by atoms with Gasteiger partial charge in [0.05, 0.1) is 12.8 Å². The van der Waals surface area contributed by atoms with E-state index < -0.39 is 17.5 Å². The monoisotopic (exact) mass is 386 g/mol. The number of carbonyl (C=O) groups excluding carboxylic acids is 1. The van der Waals surface area contributed by atoms with E-state index in [0.717, 1.165) is 12.1 Å². The Morgan fingerprint density at radius 1 is 1.07 bits per heavy atom. The molecular formula is C18H16F2N6O2. The SMILES string of the molecule is COc1ccc(C(=O)NNc2ncnc(Nc3ccc(F)cc3F)c2N)cc1. The van der Waals surface area contributed by atoms with E-state index in [-0.39, 0.29) is 23.0 Å². The Kier molecular flexibility index (Phi) is 5.49. The van der Waals surface area contributed by atoms with Crippen LogP contribution in [0.25, 0.3) is 0 Å². The molecule has 1 aromatic heterocycles. The van der Waals surface area contributed by atoms with Crippen molar-refractivity contribution < 1.29 is 18.3 Å². The summed E-state index contributed by atoms with van der Waals surface area (Å²) in [5, 5.41) is 2.66. The van der Waals surface area contributed by atoms with E-state index >= 15 is 0 Å². The van der Waals surface area contributed by atoms with Crippen LogP contribution in [0.4, 0.5) is 31.8 Å². The minimum Gasteiger partial charge on any atom is -0.497 e. The van der Waals surface area contributed by atoms with Crippen molar-refractivity contribution in [3.8, 4) is 5.75 Å². The first-order valence-corrected chi connectivity index (χ1v) is 8.01. The lowest BCUT2D eigenvalue weighted by molar-refractivity contribution is 0.0962. The predicted molar refractivity (Wildman–Crippen MR) is 100 cm³/mol. The third-order valence-electron chi connectivity index (χ3n) is 3.71. The number of hydrogen-bond donors (Lipinski definition) is 4. The van der Waals surface area contributed by atoms with Gasteiger partial charge < -0.3 is 15.8 Å². The molecule has 0 aliphatic carbocycles. The minimum atomic E-state index is -0.805. The maximum absolute atomic E-state index is 13.8. The van der Waals surface area contributed by atoms with Crippen LogP contribution >= 0.6 is 0 Å². The van der Waals surface area contributed by atoms with Gasteiger partial charge in [0.15, 0.2) is 11.6 Å². The fourth-order valence-corrected chi connectivity index (χ4v) is 2.24. The normalized spacial score (nSPS) is 10.2. The predicted octanol–water partition coefficient (Wildman–Crippen LogP) is 2.85. The van der Waals surface area contributed by atoms with Gasteiger partial charge in [-0.25, -0.2) is 18.7 Å². The number of nitrogens with zero attached hydrogens (tertiary/aromatic N) is 2. The Morgan fingerprint density at radius 3 is 2.46 bits per heavy atom. The van der Waals surface area contributed by atoms with Crippen molar-refractivity contribution in [3.63, 3.8) is 0 Å². The third kappa shape index (κ3) is 4.23. The number of anilines is 4. The number of aromatic nitrogens is 2. The average Bonchev–Trinajstić information content (AvgIpc) is 2.70. The molecule has 0 saturated carbocycles. The van der Waals surface area contributed by atoms with Gasteiger partial charge in [-0.3, -0.25) is 15.6 Å². The van der Waals surface area contributed by atoms with Crippen molar-refractivity contribution in [1.82, 2.24) is 15.4 Å². The van der Waals surface area contributed by atoms with Crippen molar-refractivity contribution in [3.05, 3.63) is 66.0 Å². The van der Waals surface area contributed by atoms with Crippen molar-refractivity contribution in [2.24, 2.45) is 0 Å². The molecule has 0 bridgehead atoms. The summed E-state index contributed by atoms with van der Waals surface area (Å²) >= 11 is 0. The molecule has 2 aromatic carbocycles. The van der Waals surface area contributed by atoms with Crippen LogP contribution < -0.4 is 26.6 Å². The molecule has 0 aliphatic heterocycles. The molecule has 0 unspecified atom stereocenters. The molecule has 0 spiro atoms. The van der Waals surface area contributed by atoms with Gasteiger partial charge in [-0.2, -0.15) is 0 Å². The van der Waals surface area contributed by atoms with Gasteiger partial charge in [0.2, 0.25) is 0 Å². The highest BCUT2D eigenvalue weighted by Gasteiger charge is 2.12. The minimum absolute atomic E-state index is 0.0139. The molecule has 1 heterocycles. The van der Waals surface area contributed by atoms with Crippen molar-refractivity contribution in [2.75, 3.05) is 23.6 Å². The van der Waals surface area contributed by atoms with Gasteiger partial charge in [-0.1, -0.05) is 0 Å². The first-order valence-electron chi connectivity index (χ1n) is 8.01. The number of halogens is 2. The number of hydrogen-bond acceptors (Lipinski definition) is 7. The molecule has 144 valence electrons. The summed E-state index contributed by atoms with van der Waals surface area (Å²) in [5.41, 5.74) is 11.4. The Hall–Kier alpha value is -3.95. The fourth-order valence-electron chi connectivity index (χ4n) is 2.24. The second-order valence-corrected chi connectivity index (χ2v) is 5.54. The number of rotatable bonds is 6. The number of ether oxygens (including phenoxy) is 1. The average molecular weight is 386 g/mol. The lowest BCUT2D eigenvalue weighted by Gasteiger charge is -2.13. The van der Waals surface area contributed by atoms with Crippen molar-refractivity contribution >= 4 is 28.9 Å². The van der Waals surface area contributed by atoms with E-state index in [1.807, 2.05) is 0 Å². The summed E-state index contributed by atoms with van der Waals surface area (Å²) in [5.74, 6) is -1.14. The topological polar surface area (TPSA) is 114 Å². The van der Waals surface area contributed by atoms with Gasteiger partial charge >= 0.3 is 0 Å².